The molecule has 0 aliphatic heterocycles. The number of carbonyl (C=O) groups is 1. The molecule has 0 aliphatic rings. The van der Waals surface area contributed by atoms with Gasteiger partial charge in [-0.2, -0.15) is 0 Å². The Labute approximate surface area is 136 Å². The van der Waals surface area contributed by atoms with Crippen LogP contribution in [0.15, 0.2) is 48.6 Å². The molecule has 0 saturated heterocycles. The number of Topliss-reactive ketones (excluding diaryl/α,β-unsaturated/α-hetero) is 1. The molecule has 2 aromatic carbocycles. The van der Waals surface area contributed by atoms with Crippen LogP contribution in [0.25, 0.3) is 12.2 Å². The van der Waals surface area contributed by atoms with Crippen LogP contribution in [0, 0.1) is 23.3 Å². The quantitative estimate of drug-likeness (QED) is 0.654. The Morgan fingerprint density at radius 2 is 1.04 bits per heavy atom. The Kier molecular flexibility index (Phi) is 6.07. The van der Waals surface area contributed by atoms with Crippen molar-refractivity contribution >= 4 is 17.9 Å². The lowest BCUT2D eigenvalue weighted by atomic mass is 10.1. The molecule has 0 radical (unpaired) electrons. The van der Waals surface area contributed by atoms with Crippen molar-refractivity contribution in [3.8, 4) is 0 Å². The predicted octanol–water partition coefficient (Wildman–Crippen LogP) is 5.32. The van der Waals surface area contributed by atoms with E-state index in [0.717, 1.165) is 24.3 Å². The lowest BCUT2D eigenvalue weighted by molar-refractivity contribution is -0.117. The highest BCUT2D eigenvalue weighted by molar-refractivity contribution is 5.82. The zero-order valence-corrected chi connectivity index (χ0v) is 12.6. The molecule has 124 valence electrons. The van der Waals surface area contributed by atoms with Gasteiger partial charge in [-0.1, -0.05) is 36.4 Å². The van der Waals surface area contributed by atoms with E-state index in [4.69, 9.17) is 0 Å². The van der Waals surface area contributed by atoms with E-state index in [1.165, 1.54) is 36.4 Å². The van der Waals surface area contributed by atoms with Crippen LogP contribution in [0.3, 0.4) is 0 Å². The number of hydrogen-bond acceptors (Lipinski definition) is 1. The van der Waals surface area contributed by atoms with Crippen LogP contribution in [0.5, 0.6) is 0 Å². The number of benzene rings is 2. The van der Waals surface area contributed by atoms with Crippen molar-refractivity contribution in [2.45, 2.75) is 12.8 Å². The SMILES string of the molecule is O=C(CC=Cc1c(F)cccc1F)CC=Cc1c(F)cccc1F. The molecular weight excluding hydrogens is 320 g/mol. The lowest BCUT2D eigenvalue weighted by Gasteiger charge is -1.99. The Morgan fingerprint density at radius 3 is 1.38 bits per heavy atom. The molecule has 0 spiro atoms. The normalized spacial score (nSPS) is 11.5. The Balaban J connectivity index is 1.92. The average Bonchev–Trinajstić information content (AvgIpc) is 2.53. The third-order valence-corrected chi connectivity index (χ3v) is 3.26. The first-order chi connectivity index (χ1) is 11.5. The van der Waals surface area contributed by atoms with Crippen LogP contribution >= 0.6 is 0 Å². The highest BCUT2D eigenvalue weighted by Crippen LogP contribution is 2.15. The summed E-state index contributed by atoms with van der Waals surface area (Å²) in [5.41, 5.74) is -0.427. The largest absolute Gasteiger partial charge is 0.299 e. The van der Waals surface area contributed by atoms with Gasteiger partial charge in [-0.3, -0.25) is 4.79 Å². The molecule has 0 amide bonds. The molecule has 0 N–H and O–H groups in total. The maximum Gasteiger partial charge on any atom is 0.140 e. The Morgan fingerprint density at radius 1 is 0.708 bits per heavy atom. The van der Waals surface area contributed by atoms with Crippen LogP contribution in [0.1, 0.15) is 24.0 Å². The minimum atomic E-state index is -0.714. The Hall–Kier alpha value is -2.69. The molecule has 1 nitrogen and oxygen atoms in total. The van der Waals surface area contributed by atoms with Gasteiger partial charge in [-0.05, 0) is 24.3 Å². The summed E-state index contributed by atoms with van der Waals surface area (Å²) >= 11 is 0. The van der Waals surface area contributed by atoms with Gasteiger partial charge >= 0.3 is 0 Å². The second kappa shape index (κ2) is 8.24. The highest BCUT2D eigenvalue weighted by Gasteiger charge is 2.06. The molecule has 0 bridgehead atoms. The number of allylic oxidation sites excluding steroid dienone is 2. The van der Waals surface area contributed by atoms with Crippen LogP contribution in [-0.2, 0) is 4.79 Å². The average molecular weight is 334 g/mol. The van der Waals surface area contributed by atoms with Gasteiger partial charge < -0.3 is 0 Å². The van der Waals surface area contributed by atoms with Crippen molar-refractivity contribution < 1.29 is 22.4 Å². The first kappa shape index (κ1) is 17.7. The summed E-state index contributed by atoms with van der Waals surface area (Å²) in [6, 6.07) is 6.98. The van der Waals surface area contributed by atoms with Crippen LogP contribution in [0.2, 0.25) is 0 Å². The number of ketones is 1. The maximum absolute atomic E-state index is 13.4. The summed E-state index contributed by atoms with van der Waals surface area (Å²) in [5.74, 6) is -3.11. The van der Waals surface area contributed by atoms with E-state index in [0.29, 0.717) is 0 Å². The molecule has 2 aromatic rings. The molecule has 0 heterocycles. The van der Waals surface area contributed by atoms with E-state index in [1.54, 1.807) is 0 Å². The summed E-state index contributed by atoms with van der Waals surface area (Å²) in [6.07, 6.45) is 5.00. The van der Waals surface area contributed by atoms with Gasteiger partial charge in [0.1, 0.15) is 29.1 Å². The molecule has 0 aliphatic carbocycles. The predicted molar refractivity (Wildman–Crippen MR) is 85.0 cm³/mol. The number of rotatable bonds is 6. The van der Waals surface area contributed by atoms with E-state index in [2.05, 4.69) is 0 Å². The summed E-state index contributed by atoms with van der Waals surface area (Å²) in [7, 11) is 0. The van der Waals surface area contributed by atoms with Crippen LogP contribution < -0.4 is 0 Å². The van der Waals surface area contributed by atoms with E-state index in [-0.39, 0.29) is 29.8 Å². The molecule has 24 heavy (non-hydrogen) atoms. The van der Waals surface area contributed by atoms with Crippen molar-refractivity contribution in [2.24, 2.45) is 0 Å². The smallest absolute Gasteiger partial charge is 0.140 e. The second-order valence-electron chi connectivity index (χ2n) is 5.02. The fraction of sp³-hybridized carbons (Fsp3) is 0.105. The third kappa shape index (κ3) is 4.65. The first-order valence-corrected chi connectivity index (χ1v) is 7.22. The fourth-order valence-electron chi connectivity index (χ4n) is 2.04. The van der Waals surface area contributed by atoms with E-state index in [1.807, 2.05) is 0 Å². The van der Waals surface area contributed by atoms with Crippen molar-refractivity contribution in [1.82, 2.24) is 0 Å². The van der Waals surface area contributed by atoms with Crippen LogP contribution in [-0.4, -0.2) is 5.78 Å². The summed E-state index contributed by atoms with van der Waals surface area (Å²) in [5, 5.41) is 0. The van der Waals surface area contributed by atoms with Gasteiger partial charge in [0.05, 0.1) is 0 Å². The summed E-state index contributed by atoms with van der Waals surface area (Å²) < 4.78 is 53.5. The lowest BCUT2D eigenvalue weighted by Crippen LogP contribution is -1.94. The molecule has 0 unspecified atom stereocenters. The van der Waals surface area contributed by atoms with Gasteiger partial charge in [0.15, 0.2) is 0 Å². The van der Waals surface area contributed by atoms with Gasteiger partial charge in [0.2, 0.25) is 0 Å². The number of halogens is 4. The van der Waals surface area contributed by atoms with E-state index in [9.17, 15) is 22.4 Å². The molecule has 0 atom stereocenters. The van der Waals surface area contributed by atoms with Gasteiger partial charge in [-0.15, -0.1) is 0 Å². The molecule has 5 heteroatoms. The zero-order chi connectivity index (χ0) is 17.5. The van der Waals surface area contributed by atoms with E-state index < -0.39 is 23.3 Å². The van der Waals surface area contributed by atoms with E-state index >= 15 is 0 Å². The number of hydrogen-bond donors (Lipinski definition) is 0. The highest BCUT2D eigenvalue weighted by atomic mass is 19.1. The minimum Gasteiger partial charge on any atom is -0.299 e. The second-order valence-corrected chi connectivity index (χ2v) is 5.02. The van der Waals surface area contributed by atoms with Crippen molar-refractivity contribution in [3.63, 3.8) is 0 Å². The van der Waals surface area contributed by atoms with Crippen LogP contribution in [0.4, 0.5) is 17.6 Å². The molecular formula is C19H14F4O. The van der Waals surface area contributed by atoms with Gasteiger partial charge in [0, 0.05) is 24.0 Å². The standard InChI is InChI=1S/C19H14F4O/c20-16-9-3-10-17(21)14(16)7-1-5-13(24)6-2-8-15-18(22)11-4-12-19(15)23/h1-4,7-12H,5-6H2. The van der Waals surface area contributed by atoms with Crippen molar-refractivity contribution in [3.05, 3.63) is 82.9 Å². The topological polar surface area (TPSA) is 17.1 Å². The molecule has 0 saturated carbocycles. The molecule has 2 rings (SSSR count). The summed E-state index contributed by atoms with van der Waals surface area (Å²) in [6.45, 7) is 0. The Bertz CT molecular complexity index is 688. The first-order valence-electron chi connectivity index (χ1n) is 7.22. The summed E-state index contributed by atoms with van der Waals surface area (Å²) in [4.78, 5) is 11.7. The molecule has 0 aromatic heterocycles. The maximum atomic E-state index is 13.4. The third-order valence-electron chi connectivity index (χ3n) is 3.26. The number of carbonyl (C=O) groups excluding carboxylic acids is 1. The van der Waals surface area contributed by atoms with Gasteiger partial charge in [-0.25, -0.2) is 17.6 Å². The van der Waals surface area contributed by atoms with Crippen molar-refractivity contribution in [2.75, 3.05) is 0 Å². The monoisotopic (exact) mass is 334 g/mol. The minimum absolute atomic E-state index is 0.0438. The van der Waals surface area contributed by atoms with Gasteiger partial charge in [0.25, 0.3) is 0 Å². The zero-order valence-electron chi connectivity index (χ0n) is 12.6. The fourth-order valence-corrected chi connectivity index (χ4v) is 2.04. The molecule has 0 fully saturated rings. The van der Waals surface area contributed by atoms with Crippen molar-refractivity contribution in [1.29, 1.82) is 0 Å².